The van der Waals surface area contributed by atoms with Gasteiger partial charge >= 0.3 is 6.36 Å². The number of rotatable bonds is 6. The maximum Gasteiger partial charge on any atom is 0.573 e. The topological polar surface area (TPSA) is 60.3 Å². The minimum absolute atomic E-state index is 0.130. The molecule has 0 spiro atoms. The van der Waals surface area contributed by atoms with Gasteiger partial charge in [-0.05, 0) is 47.5 Å². The van der Waals surface area contributed by atoms with Crippen LogP contribution in [-0.2, 0) is 17.8 Å². The molecular weight excluding hydrogens is 452 g/mol. The van der Waals surface area contributed by atoms with Crippen molar-refractivity contribution in [1.29, 1.82) is 0 Å². The molecule has 1 amide bonds. The minimum atomic E-state index is -4.78. The molecule has 4 aromatic rings. The van der Waals surface area contributed by atoms with Crippen molar-refractivity contribution in [2.24, 2.45) is 0 Å². The summed E-state index contributed by atoms with van der Waals surface area (Å²) in [5.74, 6) is -1.25. The third-order valence-electron chi connectivity index (χ3n) is 5.11. The molecule has 5 nitrogen and oxygen atoms in total. The van der Waals surface area contributed by atoms with Gasteiger partial charge in [-0.15, -0.1) is 13.2 Å². The van der Waals surface area contributed by atoms with Gasteiger partial charge in [-0.25, -0.2) is 4.39 Å². The number of fused-ring (bicyclic) bond motifs is 1. The number of hydrogen-bond acceptors (Lipinski definition) is 3. The molecule has 0 aliphatic heterocycles. The van der Waals surface area contributed by atoms with Crippen LogP contribution < -0.4 is 15.6 Å². The molecule has 0 saturated heterocycles. The molecule has 0 aliphatic carbocycles. The zero-order valence-corrected chi connectivity index (χ0v) is 17.6. The predicted octanol–water partition coefficient (Wildman–Crippen LogP) is 5.27. The van der Waals surface area contributed by atoms with E-state index in [-0.39, 0.29) is 29.8 Å². The summed E-state index contributed by atoms with van der Waals surface area (Å²) < 4.78 is 56.0. The summed E-state index contributed by atoms with van der Waals surface area (Å²) >= 11 is 0. The van der Waals surface area contributed by atoms with Gasteiger partial charge < -0.3 is 14.6 Å². The Kier molecular flexibility index (Phi) is 6.36. The molecule has 0 radical (unpaired) electrons. The molecular formula is C25H18F4N2O3. The van der Waals surface area contributed by atoms with Crippen LogP contribution in [0, 0.1) is 5.82 Å². The molecule has 0 bridgehead atoms. The molecule has 0 fully saturated rings. The highest BCUT2D eigenvalue weighted by Crippen LogP contribution is 2.24. The van der Waals surface area contributed by atoms with Crippen molar-refractivity contribution in [2.75, 3.05) is 5.32 Å². The van der Waals surface area contributed by atoms with E-state index in [1.807, 2.05) is 0 Å². The van der Waals surface area contributed by atoms with Crippen LogP contribution in [0.5, 0.6) is 5.75 Å². The van der Waals surface area contributed by atoms with Crippen LogP contribution >= 0.6 is 0 Å². The fourth-order valence-corrected chi connectivity index (χ4v) is 3.55. The molecule has 34 heavy (non-hydrogen) atoms. The van der Waals surface area contributed by atoms with Crippen molar-refractivity contribution < 1.29 is 27.1 Å². The number of ether oxygens (including phenoxy) is 1. The molecule has 1 heterocycles. The molecule has 4 rings (SSSR count). The van der Waals surface area contributed by atoms with E-state index in [0.717, 1.165) is 0 Å². The first-order valence-electron chi connectivity index (χ1n) is 10.2. The molecule has 174 valence electrons. The lowest BCUT2D eigenvalue weighted by Crippen LogP contribution is -2.21. The Labute approximate surface area is 191 Å². The number of halogens is 4. The Morgan fingerprint density at radius 3 is 2.35 bits per heavy atom. The molecule has 9 heteroatoms. The summed E-state index contributed by atoms with van der Waals surface area (Å²) in [5, 5.41) is 3.59. The van der Waals surface area contributed by atoms with E-state index in [1.165, 1.54) is 53.2 Å². The number of hydrogen-bond donors (Lipinski definition) is 1. The average molecular weight is 470 g/mol. The quantitative estimate of drug-likeness (QED) is 0.391. The number of carbonyl (C=O) groups is 1. The van der Waals surface area contributed by atoms with E-state index < -0.39 is 18.1 Å². The average Bonchev–Trinajstić information content (AvgIpc) is 2.78. The summed E-state index contributed by atoms with van der Waals surface area (Å²) in [7, 11) is 0. The number of anilines is 1. The van der Waals surface area contributed by atoms with E-state index in [9.17, 15) is 27.2 Å². The van der Waals surface area contributed by atoms with Gasteiger partial charge in [0, 0.05) is 22.7 Å². The van der Waals surface area contributed by atoms with Gasteiger partial charge in [-0.3, -0.25) is 9.59 Å². The summed E-state index contributed by atoms with van der Waals surface area (Å²) in [5.41, 5.74) is 0.939. The second kappa shape index (κ2) is 9.38. The summed E-state index contributed by atoms with van der Waals surface area (Å²) in [6, 6.07) is 17.8. The standard InChI is InChI=1S/C25H18F4N2O3/c26-21-6-2-1-4-17(21)14-23(32)30-22-7-3-5-20-19(22)12-13-31(24(20)33)15-16-8-10-18(11-9-16)34-25(27,28)29/h1-13H,14-15H2,(H,30,32). The fraction of sp³-hybridized carbons (Fsp3) is 0.120. The highest BCUT2D eigenvalue weighted by Gasteiger charge is 2.30. The van der Waals surface area contributed by atoms with Gasteiger partial charge in [-0.1, -0.05) is 36.4 Å². The summed E-state index contributed by atoms with van der Waals surface area (Å²) in [6.07, 6.45) is -3.40. The molecule has 1 N–H and O–H groups in total. The van der Waals surface area contributed by atoms with Crippen LogP contribution in [0.15, 0.2) is 83.8 Å². The van der Waals surface area contributed by atoms with Crippen molar-refractivity contribution in [3.8, 4) is 5.75 Å². The minimum Gasteiger partial charge on any atom is -0.406 e. The zero-order valence-electron chi connectivity index (χ0n) is 17.6. The first kappa shape index (κ1) is 23.0. The molecule has 0 atom stereocenters. The Hall–Kier alpha value is -4.14. The van der Waals surface area contributed by atoms with Gasteiger partial charge in [0.15, 0.2) is 0 Å². The number of pyridine rings is 1. The largest absolute Gasteiger partial charge is 0.573 e. The summed E-state index contributed by atoms with van der Waals surface area (Å²) in [4.78, 5) is 25.4. The van der Waals surface area contributed by atoms with Gasteiger partial charge in [0.1, 0.15) is 11.6 Å². The van der Waals surface area contributed by atoms with E-state index in [0.29, 0.717) is 22.0 Å². The number of alkyl halides is 3. The van der Waals surface area contributed by atoms with E-state index in [1.54, 1.807) is 30.3 Å². The van der Waals surface area contributed by atoms with Crippen LogP contribution in [0.25, 0.3) is 10.8 Å². The lowest BCUT2D eigenvalue weighted by Gasteiger charge is -2.12. The van der Waals surface area contributed by atoms with E-state index in [2.05, 4.69) is 10.1 Å². The van der Waals surface area contributed by atoms with Crippen LogP contribution in [0.1, 0.15) is 11.1 Å². The lowest BCUT2D eigenvalue weighted by molar-refractivity contribution is -0.274. The van der Waals surface area contributed by atoms with Crippen LogP contribution in [0.3, 0.4) is 0 Å². The monoisotopic (exact) mass is 470 g/mol. The number of benzene rings is 3. The number of carbonyl (C=O) groups excluding carboxylic acids is 1. The van der Waals surface area contributed by atoms with Crippen molar-refractivity contribution >= 4 is 22.4 Å². The number of amides is 1. The Morgan fingerprint density at radius 2 is 1.65 bits per heavy atom. The SMILES string of the molecule is O=C(Cc1ccccc1F)Nc1cccc2c(=O)n(Cc3ccc(OC(F)(F)F)cc3)ccc12. The molecule has 1 aromatic heterocycles. The second-order valence-electron chi connectivity index (χ2n) is 7.52. The maximum atomic E-state index is 13.8. The zero-order chi connectivity index (χ0) is 24.3. The Bertz CT molecular complexity index is 1400. The first-order chi connectivity index (χ1) is 16.2. The van der Waals surface area contributed by atoms with E-state index in [4.69, 9.17) is 0 Å². The van der Waals surface area contributed by atoms with Crippen LogP contribution in [-0.4, -0.2) is 16.8 Å². The Balaban J connectivity index is 1.54. The molecule has 0 aliphatic rings. The van der Waals surface area contributed by atoms with Gasteiger partial charge in [0.2, 0.25) is 5.91 Å². The maximum absolute atomic E-state index is 13.8. The lowest BCUT2D eigenvalue weighted by atomic mass is 10.1. The summed E-state index contributed by atoms with van der Waals surface area (Å²) in [6.45, 7) is 0.130. The van der Waals surface area contributed by atoms with Crippen molar-refractivity contribution in [2.45, 2.75) is 19.3 Å². The Morgan fingerprint density at radius 1 is 0.912 bits per heavy atom. The van der Waals surface area contributed by atoms with Crippen LogP contribution in [0.4, 0.5) is 23.2 Å². The van der Waals surface area contributed by atoms with Crippen molar-refractivity contribution in [1.82, 2.24) is 4.57 Å². The third kappa shape index (κ3) is 5.43. The van der Waals surface area contributed by atoms with Crippen molar-refractivity contribution in [3.63, 3.8) is 0 Å². The normalized spacial score (nSPS) is 11.4. The number of aromatic nitrogens is 1. The number of nitrogens with one attached hydrogen (secondary N) is 1. The molecule has 0 saturated carbocycles. The smallest absolute Gasteiger partial charge is 0.406 e. The van der Waals surface area contributed by atoms with Gasteiger partial charge in [0.05, 0.1) is 13.0 Å². The highest BCUT2D eigenvalue weighted by atomic mass is 19.4. The number of nitrogens with zero attached hydrogens (tertiary/aromatic N) is 1. The fourth-order valence-electron chi connectivity index (χ4n) is 3.55. The molecule has 3 aromatic carbocycles. The highest BCUT2D eigenvalue weighted by molar-refractivity contribution is 6.02. The second-order valence-corrected chi connectivity index (χ2v) is 7.52. The van der Waals surface area contributed by atoms with E-state index >= 15 is 0 Å². The van der Waals surface area contributed by atoms with Crippen LogP contribution in [0.2, 0.25) is 0 Å². The van der Waals surface area contributed by atoms with Gasteiger partial charge in [-0.2, -0.15) is 0 Å². The predicted molar refractivity (Wildman–Crippen MR) is 119 cm³/mol. The van der Waals surface area contributed by atoms with Crippen molar-refractivity contribution in [3.05, 3.63) is 106 Å². The van der Waals surface area contributed by atoms with Gasteiger partial charge in [0.25, 0.3) is 5.56 Å². The first-order valence-corrected chi connectivity index (χ1v) is 10.2. The third-order valence-corrected chi connectivity index (χ3v) is 5.11. The molecule has 0 unspecified atom stereocenters.